The van der Waals surface area contributed by atoms with E-state index in [4.69, 9.17) is 4.74 Å². The summed E-state index contributed by atoms with van der Waals surface area (Å²) < 4.78 is 5.03. The van der Waals surface area contributed by atoms with E-state index in [0.717, 1.165) is 12.8 Å². The Labute approximate surface area is 133 Å². The highest BCUT2D eigenvalue weighted by Gasteiger charge is 2.15. The smallest absolute Gasteiger partial charge is 0.339 e. The van der Waals surface area contributed by atoms with E-state index in [1.807, 2.05) is 13.8 Å². The molecule has 1 heterocycles. The molecule has 0 aliphatic rings. The highest BCUT2D eigenvalue weighted by Crippen LogP contribution is 2.15. The molecule has 1 unspecified atom stereocenters. The number of ether oxygens (including phenoxy) is 1. The quantitative estimate of drug-likeness (QED) is 0.798. The summed E-state index contributed by atoms with van der Waals surface area (Å²) in [5.74, 6) is -1.04. The van der Waals surface area contributed by atoms with Gasteiger partial charge in [0.1, 0.15) is 0 Å². The summed E-state index contributed by atoms with van der Waals surface area (Å²) in [5.41, 5.74) is 0.309. The molecule has 0 fully saturated rings. The third kappa shape index (κ3) is 4.42. The molecular formula is C17H20N2O4. The molecule has 2 N–H and O–H groups in total. The van der Waals surface area contributed by atoms with Crippen LogP contribution in [0.1, 0.15) is 37.0 Å². The van der Waals surface area contributed by atoms with Crippen molar-refractivity contribution in [1.29, 1.82) is 0 Å². The number of H-pyrrole nitrogens is 1. The lowest BCUT2D eigenvalue weighted by Crippen LogP contribution is -2.35. The lowest BCUT2D eigenvalue weighted by molar-refractivity contribution is -0.124. The number of hydrogen-bond donors (Lipinski definition) is 2. The molecular weight excluding hydrogens is 296 g/mol. The number of amides is 1. The number of rotatable bonds is 6. The number of para-hydroxylation sites is 1. The summed E-state index contributed by atoms with van der Waals surface area (Å²) in [6.07, 6.45) is 1.82. The summed E-state index contributed by atoms with van der Waals surface area (Å²) in [6.45, 7) is 3.56. The van der Waals surface area contributed by atoms with E-state index in [2.05, 4.69) is 10.3 Å². The van der Waals surface area contributed by atoms with Crippen LogP contribution in [0.25, 0.3) is 10.9 Å². The highest BCUT2D eigenvalue weighted by molar-refractivity contribution is 6.03. The number of carbonyl (C=O) groups is 2. The summed E-state index contributed by atoms with van der Waals surface area (Å²) >= 11 is 0. The zero-order chi connectivity index (χ0) is 16.8. The summed E-state index contributed by atoms with van der Waals surface area (Å²) in [5, 5.41) is 3.33. The number of aromatic nitrogens is 1. The molecule has 1 aromatic heterocycles. The molecule has 6 nitrogen and oxygen atoms in total. The summed E-state index contributed by atoms with van der Waals surface area (Å²) in [4.78, 5) is 38.2. The molecule has 6 heteroatoms. The molecule has 0 saturated heterocycles. The Balaban J connectivity index is 2.07. The van der Waals surface area contributed by atoms with E-state index in [1.165, 1.54) is 6.07 Å². The number of esters is 1. The van der Waals surface area contributed by atoms with Gasteiger partial charge < -0.3 is 15.0 Å². The molecule has 0 saturated carbocycles. The first-order chi connectivity index (χ1) is 11.0. The Hall–Kier alpha value is -2.63. The van der Waals surface area contributed by atoms with Gasteiger partial charge in [0.25, 0.3) is 5.91 Å². The Morgan fingerprint density at radius 1 is 1.30 bits per heavy atom. The van der Waals surface area contributed by atoms with Crippen LogP contribution in [0, 0.1) is 0 Å². The van der Waals surface area contributed by atoms with Crippen LogP contribution in [0.3, 0.4) is 0 Å². The maximum atomic E-state index is 12.2. The first-order valence-corrected chi connectivity index (χ1v) is 7.59. The van der Waals surface area contributed by atoms with Crippen LogP contribution in [-0.4, -0.2) is 29.5 Å². The van der Waals surface area contributed by atoms with Gasteiger partial charge in [-0.1, -0.05) is 31.5 Å². The van der Waals surface area contributed by atoms with Crippen molar-refractivity contribution in [2.24, 2.45) is 0 Å². The maximum Gasteiger partial charge on any atom is 0.339 e. The van der Waals surface area contributed by atoms with E-state index in [9.17, 15) is 14.4 Å². The summed E-state index contributed by atoms with van der Waals surface area (Å²) in [6, 6.07) is 8.15. The number of fused-ring (bicyclic) bond motifs is 1. The molecule has 0 spiro atoms. The van der Waals surface area contributed by atoms with Crippen LogP contribution in [0.15, 0.2) is 35.1 Å². The van der Waals surface area contributed by atoms with Gasteiger partial charge in [0.05, 0.1) is 5.56 Å². The van der Waals surface area contributed by atoms with Gasteiger partial charge in [0.2, 0.25) is 5.56 Å². The number of hydrogen-bond acceptors (Lipinski definition) is 4. The predicted octanol–water partition coefficient (Wildman–Crippen LogP) is 1.99. The molecule has 0 aliphatic heterocycles. The number of benzene rings is 1. The average Bonchev–Trinajstić information content (AvgIpc) is 2.52. The van der Waals surface area contributed by atoms with Crippen molar-refractivity contribution in [3.8, 4) is 0 Å². The molecule has 1 atom stereocenters. The molecule has 0 aliphatic carbocycles. The van der Waals surface area contributed by atoms with Crippen LogP contribution < -0.4 is 10.9 Å². The first-order valence-electron chi connectivity index (χ1n) is 7.59. The number of nitrogens with one attached hydrogen (secondary N) is 2. The Kier molecular flexibility index (Phi) is 5.51. The minimum atomic E-state index is -0.689. The lowest BCUT2D eigenvalue weighted by Gasteiger charge is -2.13. The summed E-state index contributed by atoms with van der Waals surface area (Å²) in [7, 11) is 0. The minimum Gasteiger partial charge on any atom is -0.452 e. The third-order valence-electron chi connectivity index (χ3n) is 3.43. The van der Waals surface area contributed by atoms with Gasteiger partial charge in [-0.05, 0) is 19.4 Å². The van der Waals surface area contributed by atoms with E-state index >= 15 is 0 Å². The molecule has 0 bridgehead atoms. The van der Waals surface area contributed by atoms with Crippen molar-refractivity contribution >= 4 is 22.8 Å². The van der Waals surface area contributed by atoms with Gasteiger partial charge in [-0.3, -0.25) is 9.59 Å². The fourth-order valence-electron chi connectivity index (χ4n) is 2.40. The monoisotopic (exact) mass is 316 g/mol. The van der Waals surface area contributed by atoms with E-state index < -0.39 is 11.5 Å². The molecule has 0 radical (unpaired) electrons. The van der Waals surface area contributed by atoms with Crippen molar-refractivity contribution in [1.82, 2.24) is 10.3 Å². The van der Waals surface area contributed by atoms with Crippen molar-refractivity contribution in [3.05, 3.63) is 46.2 Å². The van der Waals surface area contributed by atoms with E-state index in [-0.39, 0.29) is 24.1 Å². The highest BCUT2D eigenvalue weighted by atomic mass is 16.5. The first kappa shape index (κ1) is 16.7. The Morgan fingerprint density at radius 3 is 2.78 bits per heavy atom. The van der Waals surface area contributed by atoms with Crippen LogP contribution in [0.4, 0.5) is 0 Å². The van der Waals surface area contributed by atoms with E-state index in [1.54, 1.807) is 24.3 Å². The van der Waals surface area contributed by atoms with Crippen LogP contribution in [0.2, 0.25) is 0 Å². The topological polar surface area (TPSA) is 88.3 Å². The van der Waals surface area contributed by atoms with Crippen molar-refractivity contribution in [3.63, 3.8) is 0 Å². The predicted molar refractivity (Wildman–Crippen MR) is 87.4 cm³/mol. The van der Waals surface area contributed by atoms with Gasteiger partial charge >= 0.3 is 5.97 Å². The SMILES string of the molecule is CCCC(C)NC(=O)COC(=O)c1cc(=O)[nH]c2ccccc12. The standard InChI is InChI=1S/C17H20N2O4/c1-3-6-11(2)18-16(21)10-23-17(22)13-9-15(20)19-14-8-5-4-7-12(13)14/h4-5,7-9,11H,3,6,10H2,1-2H3,(H,18,21)(H,19,20). The molecule has 1 aromatic carbocycles. The maximum absolute atomic E-state index is 12.2. The zero-order valence-corrected chi connectivity index (χ0v) is 13.2. The normalized spacial score (nSPS) is 11.9. The fraction of sp³-hybridized carbons (Fsp3) is 0.353. The molecule has 2 rings (SSSR count). The Bertz CT molecular complexity index is 767. The van der Waals surface area contributed by atoms with Crippen molar-refractivity contribution < 1.29 is 14.3 Å². The number of carbonyl (C=O) groups excluding carboxylic acids is 2. The zero-order valence-electron chi connectivity index (χ0n) is 13.2. The molecule has 2 aromatic rings. The third-order valence-corrected chi connectivity index (χ3v) is 3.43. The number of pyridine rings is 1. The van der Waals surface area contributed by atoms with Crippen molar-refractivity contribution in [2.75, 3.05) is 6.61 Å². The fourth-order valence-corrected chi connectivity index (χ4v) is 2.40. The largest absolute Gasteiger partial charge is 0.452 e. The second-order valence-electron chi connectivity index (χ2n) is 5.43. The van der Waals surface area contributed by atoms with Crippen LogP contribution in [-0.2, 0) is 9.53 Å². The van der Waals surface area contributed by atoms with Crippen LogP contribution >= 0.6 is 0 Å². The molecule has 1 amide bonds. The average molecular weight is 316 g/mol. The van der Waals surface area contributed by atoms with Gasteiger partial charge in [-0.15, -0.1) is 0 Å². The van der Waals surface area contributed by atoms with Gasteiger partial charge in [-0.25, -0.2) is 4.79 Å². The Morgan fingerprint density at radius 2 is 2.04 bits per heavy atom. The van der Waals surface area contributed by atoms with Gasteiger partial charge in [-0.2, -0.15) is 0 Å². The second kappa shape index (κ2) is 7.58. The van der Waals surface area contributed by atoms with Gasteiger partial charge in [0.15, 0.2) is 6.61 Å². The van der Waals surface area contributed by atoms with Gasteiger partial charge in [0, 0.05) is 23.0 Å². The van der Waals surface area contributed by atoms with E-state index in [0.29, 0.717) is 10.9 Å². The molecule has 122 valence electrons. The molecule has 23 heavy (non-hydrogen) atoms. The number of aromatic amines is 1. The second-order valence-corrected chi connectivity index (χ2v) is 5.43. The minimum absolute atomic E-state index is 0.0339. The van der Waals surface area contributed by atoms with Crippen LogP contribution in [0.5, 0.6) is 0 Å². The lowest BCUT2D eigenvalue weighted by atomic mass is 10.1. The van der Waals surface area contributed by atoms with Crippen molar-refractivity contribution in [2.45, 2.75) is 32.7 Å².